The molecule has 0 aliphatic heterocycles. The second-order valence-corrected chi connectivity index (χ2v) is 5.58. The van der Waals surface area contributed by atoms with Gasteiger partial charge in [0.25, 0.3) is 0 Å². The van der Waals surface area contributed by atoms with E-state index in [2.05, 4.69) is 25.2 Å². The molecule has 0 spiro atoms. The molecule has 1 aromatic rings. The third kappa shape index (κ3) is 2.99. The molecule has 0 radical (unpaired) electrons. The maximum atomic E-state index is 6.07. The number of hydrogen-bond acceptors (Lipinski definition) is 2. The zero-order chi connectivity index (χ0) is 10.7. The molecule has 0 fully saturated rings. The molecule has 4 heteroatoms. The quantitative estimate of drug-likeness (QED) is 0.789. The molecule has 1 atom stereocenters. The van der Waals surface area contributed by atoms with Gasteiger partial charge in [-0.1, -0.05) is 34.9 Å². The minimum atomic E-state index is 0.149. The van der Waals surface area contributed by atoms with Crippen molar-refractivity contribution >= 4 is 34.5 Å². The number of halogens is 2. The molecule has 78 valence electrons. The highest BCUT2D eigenvalue weighted by atomic mass is 35.5. The van der Waals surface area contributed by atoms with Crippen LogP contribution in [0.4, 0.5) is 0 Å². The first kappa shape index (κ1) is 12.1. The summed E-state index contributed by atoms with van der Waals surface area (Å²) in [7, 11) is 1.91. The monoisotopic (exact) mass is 249 g/mol. The second-order valence-electron chi connectivity index (χ2n) is 3.29. The van der Waals surface area contributed by atoms with Crippen molar-refractivity contribution in [2.45, 2.75) is 19.9 Å². The molecule has 1 unspecified atom stereocenters. The van der Waals surface area contributed by atoms with Crippen LogP contribution < -0.4 is 5.32 Å². The van der Waals surface area contributed by atoms with Crippen LogP contribution in [0.5, 0.6) is 0 Å². The Morgan fingerprint density at radius 3 is 2.50 bits per heavy atom. The molecular weight excluding hydrogens is 237 g/mol. The van der Waals surface area contributed by atoms with Crippen LogP contribution in [0.25, 0.3) is 0 Å². The largest absolute Gasteiger partial charge is 0.310 e. The Morgan fingerprint density at radius 2 is 2.14 bits per heavy atom. The number of rotatable bonds is 3. The standard InChI is InChI=1S/C10H13Cl2NS/c1-6(2)4-8(13-3)7-5-9(11)14-10(7)12/h4-5,8,13H,1-3H3. The van der Waals surface area contributed by atoms with E-state index in [4.69, 9.17) is 23.2 Å². The van der Waals surface area contributed by atoms with Crippen molar-refractivity contribution in [3.05, 3.63) is 32.0 Å². The fourth-order valence-corrected chi connectivity index (χ4v) is 2.78. The maximum Gasteiger partial charge on any atom is 0.0995 e. The van der Waals surface area contributed by atoms with E-state index in [1.807, 2.05) is 13.1 Å². The Labute approximate surface area is 98.7 Å². The average Bonchev–Trinajstić information content (AvgIpc) is 2.41. The van der Waals surface area contributed by atoms with Gasteiger partial charge in [-0.25, -0.2) is 0 Å². The van der Waals surface area contributed by atoms with E-state index < -0.39 is 0 Å². The first-order valence-corrected chi connectivity index (χ1v) is 5.89. The van der Waals surface area contributed by atoms with Crippen molar-refractivity contribution in [2.75, 3.05) is 7.05 Å². The molecule has 0 saturated heterocycles. The zero-order valence-corrected chi connectivity index (χ0v) is 10.7. The summed E-state index contributed by atoms with van der Waals surface area (Å²) in [6, 6.07) is 2.06. The van der Waals surface area contributed by atoms with Crippen LogP contribution in [0, 0.1) is 0 Å². The average molecular weight is 250 g/mol. The predicted octanol–water partition coefficient (Wildman–Crippen LogP) is 4.28. The van der Waals surface area contributed by atoms with Crippen LogP contribution in [-0.4, -0.2) is 7.05 Å². The topological polar surface area (TPSA) is 12.0 Å². The van der Waals surface area contributed by atoms with Gasteiger partial charge in [-0.3, -0.25) is 0 Å². The summed E-state index contributed by atoms with van der Waals surface area (Å²) >= 11 is 13.4. The fourth-order valence-electron chi connectivity index (χ4n) is 1.23. The highest BCUT2D eigenvalue weighted by molar-refractivity contribution is 7.20. The fraction of sp³-hybridized carbons (Fsp3) is 0.400. The molecule has 0 amide bonds. The summed E-state index contributed by atoms with van der Waals surface area (Å²) < 4.78 is 1.49. The Kier molecular flexibility index (Phi) is 4.45. The Balaban J connectivity index is 3.00. The van der Waals surface area contributed by atoms with Gasteiger partial charge in [0.15, 0.2) is 0 Å². The van der Waals surface area contributed by atoms with Gasteiger partial charge in [0, 0.05) is 5.56 Å². The van der Waals surface area contributed by atoms with E-state index in [-0.39, 0.29) is 6.04 Å². The minimum absolute atomic E-state index is 0.149. The van der Waals surface area contributed by atoms with Gasteiger partial charge >= 0.3 is 0 Å². The van der Waals surface area contributed by atoms with Gasteiger partial charge in [-0.05, 0) is 27.0 Å². The number of hydrogen-bond donors (Lipinski definition) is 1. The molecule has 1 heterocycles. The van der Waals surface area contributed by atoms with E-state index in [9.17, 15) is 0 Å². The lowest BCUT2D eigenvalue weighted by atomic mass is 10.1. The highest BCUT2D eigenvalue weighted by Gasteiger charge is 2.13. The van der Waals surface area contributed by atoms with E-state index in [0.29, 0.717) is 0 Å². The smallest absolute Gasteiger partial charge is 0.0995 e. The molecule has 0 saturated carbocycles. The van der Waals surface area contributed by atoms with Crippen molar-refractivity contribution in [1.82, 2.24) is 5.32 Å². The minimum Gasteiger partial charge on any atom is -0.310 e. The van der Waals surface area contributed by atoms with Gasteiger partial charge < -0.3 is 5.32 Å². The lowest BCUT2D eigenvalue weighted by Crippen LogP contribution is -2.13. The van der Waals surface area contributed by atoms with Gasteiger partial charge in [0.2, 0.25) is 0 Å². The summed E-state index contributed by atoms with van der Waals surface area (Å²) in [5.41, 5.74) is 2.30. The first-order valence-electron chi connectivity index (χ1n) is 4.31. The second kappa shape index (κ2) is 5.17. The summed E-state index contributed by atoms with van der Waals surface area (Å²) in [5, 5.41) is 3.19. The van der Waals surface area contributed by atoms with Crippen LogP contribution in [0.3, 0.4) is 0 Å². The Hall–Kier alpha value is -0.0200. The normalized spacial score (nSPS) is 12.6. The van der Waals surface area contributed by atoms with Crippen molar-refractivity contribution in [3.8, 4) is 0 Å². The molecule has 1 aromatic heterocycles. The first-order chi connectivity index (χ1) is 6.54. The molecule has 0 aliphatic carbocycles. The number of thiophene rings is 1. The molecular formula is C10H13Cl2NS. The molecule has 1 N–H and O–H groups in total. The third-order valence-electron chi connectivity index (χ3n) is 1.83. The zero-order valence-electron chi connectivity index (χ0n) is 8.40. The van der Waals surface area contributed by atoms with Crippen molar-refractivity contribution in [1.29, 1.82) is 0 Å². The number of likely N-dealkylation sites (N-methyl/N-ethyl adjacent to an activating group) is 1. The van der Waals surface area contributed by atoms with Crippen molar-refractivity contribution < 1.29 is 0 Å². The summed E-state index contributed by atoms with van der Waals surface area (Å²) in [4.78, 5) is 0. The van der Waals surface area contributed by atoms with Crippen LogP contribution in [0.15, 0.2) is 17.7 Å². The molecule has 1 nitrogen and oxygen atoms in total. The SMILES string of the molecule is CNC(C=C(C)C)c1cc(Cl)sc1Cl. The van der Waals surface area contributed by atoms with Crippen molar-refractivity contribution in [2.24, 2.45) is 0 Å². The predicted molar refractivity (Wildman–Crippen MR) is 65.6 cm³/mol. The van der Waals surface area contributed by atoms with Crippen molar-refractivity contribution in [3.63, 3.8) is 0 Å². The highest BCUT2D eigenvalue weighted by Crippen LogP contribution is 2.35. The summed E-state index contributed by atoms with van der Waals surface area (Å²) in [6.07, 6.45) is 2.13. The molecule has 14 heavy (non-hydrogen) atoms. The van der Waals surface area contributed by atoms with Crippen LogP contribution in [-0.2, 0) is 0 Å². The Morgan fingerprint density at radius 1 is 1.50 bits per heavy atom. The number of nitrogens with one attached hydrogen (secondary N) is 1. The summed E-state index contributed by atoms with van der Waals surface area (Å²) in [5.74, 6) is 0. The van der Waals surface area contributed by atoms with E-state index in [0.717, 1.165) is 14.2 Å². The van der Waals surface area contributed by atoms with E-state index in [1.54, 1.807) is 0 Å². The van der Waals surface area contributed by atoms with Gasteiger partial charge in [-0.2, -0.15) is 0 Å². The van der Waals surface area contributed by atoms with Gasteiger partial charge in [-0.15, -0.1) is 11.3 Å². The lowest BCUT2D eigenvalue weighted by molar-refractivity contribution is 0.712. The van der Waals surface area contributed by atoms with Gasteiger partial charge in [0.05, 0.1) is 14.7 Å². The molecule has 1 rings (SSSR count). The van der Waals surface area contributed by atoms with Crippen LogP contribution in [0.1, 0.15) is 25.5 Å². The molecule has 0 aromatic carbocycles. The maximum absolute atomic E-state index is 6.07. The molecule has 0 aliphatic rings. The van der Waals surface area contributed by atoms with E-state index >= 15 is 0 Å². The molecule has 0 bridgehead atoms. The van der Waals surface area contributed by atoms with Crippen LogP contribution >= 0.6 is 34.5 Å². The van der Waals surface area contributed by atoms with Gasteiger partial charge in [0.1, 0.15) is 0 Å². The third-order valence-corrected chi connectivity index (χ3v) is 3.35. The lowest BCUT2D eigenvalue weighted by Gasteiger charge is -2.11. The summed E-state index contributed by atoms with van der Waals surface area (Å²) in [6.45, 7) is 4.12. The van der Waals surface area contributed by atoms with E-state index in [1.165, 1.54) is 16.9 Å². The van der Waals surface area contributed by atoms with Crippen LogP contribution in [0.2, 0.25) is 8.67 Å². The number of allylic oxidation sites excluding steroid dienone is 1. The Bertz CT molecular complexity index is 340.